The Morgan fingerprint density at radius 3 is 2.40 bits per heavy atom. The van der Waals surface area contributed by atoms with Gasteiger partial charge in [0.1, 0.15) is 23.8 Å². The fourth-order valence-corrected chi connectivity index (χ4v) is 6.74. The minimum Gasteiger partial charge on any atom is -0.444 e. The number of carbonyl (C=O) groups excluding carboxylic acids is 3. The summed E-state index contributed by atoms with van der Waals surface area (Å²) < 4.78 is 19.4. The van der Waals surface area contributed by atoms with E-state index < -0.39 is 23.3 Å². The summed E-state index contributed by atoms with van der Waals surface area (Å²) in [5.41, 5.74) is 2.51. The average molecular weight is 603 g/mol. The first kappa shape index (κ1) is 27.9. The number of rotatable bonds is 8. The first-order chi connectivity index (χ1) is 20.5. The highest BCUT2D eigenvalue weighted by Gasteiger charge is 2.45. The van der Waals surface area contributed by atoms with Gasteiger partial charge in [-0.3, -0.25) is 19.4 Å². The second-order valence-corrected chi connectivity index (χ2v) is 12.0. The molecule has 0 radical (unpaired) electrons. The van der Waals surface area contributed by atoms with Gasteiger partial charge in [0.25, 0.3) is 11.8 Å². The van der Waals surface area contributed by atoms with Gasteiger partial charge < -0.3 is 10.1 Å². The molecule has 2 heterocycles. The lowest BCUT2D eigenvalue weighted by molar-refractivity contribution is -0.121. The number of hydrogen-bond donors (Lipinski definition) is 1. The number of thiazole rings is 1. The first-order valence-corrected chi connectivity index (χ1v) is 15.4. The van der Waals surface area contributed by atoms with Crippen molar-refractivity contribution in [1.29, 1.82) is 0 Å². The molecule has 1 saturated carbocycles. The first-order valence-electron chi connectivity index (χ1n) is 13.5. The van der Waals surface area contributed by atoms with Crippen LogP contribution in [0.2, 0.25) is 0 Å². The summed E-state index contributed by atoms with van der Waals surface area (Å²) in [5, 5.41) is 4.61. The van der Waals surface area contributed by atoms with E-state index in [0.29, 0.717) is 27.7 Å². The van der Waals surface area contributed by atoms with E-state index in [1.54, 1.807) is 48.0 Å². The van der Waals surface area contributed by atoms with Gasteiger partial charge in [-0.05, 0) is 60.4 Å². The average Bonchev–Trinajstić information content (AvgIpc) is 3.47. The topological polar surface area (TPSA) is 91.8 Å². The van der Waals surface area contributed by atoms with Crippen LogP contribution in [0.4, 0.5) is 20.0 Å². The van der Waals surface area contributed by atoms with Gasteiger partial charge in [-0.2, -0.15) is 0 Å². The number of halogens is 1. The van der Waals surface area contributed by atoms with E-state index in [0.717, 1.165) is 18.4 Å². The van der Waals surface area contributed by atoms with Crippen molar-refractivity contribution < 1.29 is 23.5 Å². The maximum absolute atomic E-state index is 14.3. The van der Waals surface area contributed by atoms with Crippen molar-refractivity contribution in [3.8, 4) is 0 Å². The zero-order valence-corrected chi connectivity index (χ0v) is 24.0. The van der Waals surface area contributed by atoms with Gasteiger partial charge >= 0.3 is 6.09 Å². The highest BCUT2D eigenvalue weighted by atomic mass is 32.2. The van der Waals surface area contributed by atoms with Gasteiger partial charge in [0.05, 0.1) is 5.69 Å². The van der Waals surface area contributed by atoms with Crippen LogP contribution in [0.25, 0.3) is 0 Å². The van der Waals surface area contributed by atoms with E-state index in [1.807, 2.05) is 30.3 Å². The van der Waals surface area contributed by atoms with Crippen LogP contribution in [0.3, 0.4) is 0 Å². The predicted molar refractivity (Wildman–Crippen MR) is 160 cm³/mol. The molecule has 11 heteroatoms. The second-order valence-electron chi connectivity index (χ2n) is 9.98. The Labute approximate surface area is 250 Å². The molecule has 1 aromatic heterocycles. The van der Waals surface area contributed by atoms with Crippen LogP contribution in [-0.4, -0.2) is 45.6 Å². The minimum atomic E-state index is -0.893. The lowest BCUT2D eigenvalue weighted by atomic mass is 10.1. The summed E-state index contributed by atoms with van der Waals surface area (Å²) in [6, 6.07) is 21.3. The number of hydrogen-bond acceptors (Lipinski definition) is 7. The molecule has 4 aromatic rings. The maximum Gasteiger partial charge on any atom is 0.412 e. The normalized spacial score (nSPS) is 18.0. The quantitative estimate of drug-likeness (QED) is 0.255. The van der Waals surface area contributed by atoms with Crippen LogP contribution in [0.5, 0.6) is 0 Å². The number of carbonyl (C=O) groups is 3. The summed E-state index contributed by atoms with van der Waals surface area (Å²) in [7, 11) is 0. The minimum absolute atomic E-state index is 0.0401. The molecule has 1 aliphatic heterocycles. The molecule has 214 valence electrons. The zero-order chi connectivity index (χ0) is 29.1. The third-order valence-corrected chi connectivity index (χ3v) is 9.07. The maximum atomic E-state index is 14.3. The van der Waals surface area contributed by atoms with E-state index in [4.69, 9.17) is 4.74 Å². The fraction of sp³-hybridized carbons (Fsp3) is 0.226. The Balaban J connectivity index is 1.29. The number of nitrogens with zero attached hydrogens (tertiary/aromatic N) is 3. The Hall–Kier alpha value is -4.22. The highest BCUT2D eigenvalue weighted by molar-refractivity contribution is 7.99. The summed E-state index contributed by atoms with van der Waals surface area (Å²) in [6.45, 7) is 0.0401. The molecular weight excluding hydrogens is 575 g/mol. The molecule has 0 spiro atoms. The number of anilines is 2. The smallest absolute Gasteiger partial charge is 0.412 e. The van der Waals surface area contributed by atoms with Crippen molar-refractivity contribution in [2.75, 3.05) is 10.7 Å². The molecule has 3 amide bonds. The van der Waals surface area contributed by atoms with Crippen LogP contribution in [-0.2, 0) is 16.1 Å². The molecule has 0 bridgehead atoms. The lowest BCUT2D eigenvalue weighted by Gasteiger charge is -2.31. The predicted octanol–water partition coefficient (Wildman–Crippen LogP) is 6.29. The lowest BCUT2D eigenvalue weighted by Crippen LogP contribution is -2.48. The molecule has 6 rings (SSSR count). The molecule has 2 atom stereocenters. The van der Waals surface area contributed by atoms with Gasteiger partial charge in [0.15, 0.2) is 5.13 Å². The van der Waals surface area contributed by atoms with E-state index in [2.05, 4.69) is 10.3 Å². The third-order valence-electron chi connectivity index (χ3n) is 6.99. The van der Waals surface area contributed by atoms with Crippen molar-refractivity contribution in [3.63, 3.8) is 0 Å². The van der Waals surface area contributed by atoms with Crippen LogP contribution < -0.4 is 10.2 Å². The van der Waals surface area contributed by atoms with Gasteiger partial charge in [0.2, 0.25) is 0 Å². The van der Waals surface area contributed by atoms with E-state index in [1.165, 1.54) is 45.0 Å². The summed E-state index contributed by atoms with van der Waals surface area (Å²) >= 11 is 2.70. The number of ether oxygens (including phenoxy) is 1. The molecule has 8 nitrogen and oxygen atoms in total. The zero-order valence-electron chi connectivity index (χ0n) is 22.4. The number of amides is 3. The Morgan fingerprint density at radius 1 is 1.00 bits per heavy atom. The van der Waals surface area contributed by atoms with Crippen molar-refractivity contribution in [2.45, 2.75) is 36.9 Å². The Kier molecular flexibility index (Phi) is 8.20. The number of benzene rings is 3. The van der Waals surface area contributed by atoms with Gasteiger partial charge in [-0.15, -0.1) is 23.1 Å². The Morgan fingerprint density at radius 2 is 1.74 bits per heavy atom. The highest BCUT2D eigenvalue weighted by Crippen LogP contribution is 2.43. The largest absolute Gasteiger partial charge is 0.444 e. The van der Waals surface area contributed by atoms with Crippen LogP contribution in [0.1, 0.15) is 39.7 Å². The fourth-order valence-electron chi connectivity index (χ4n) is 4.66. The molecule has 2 fully saturated rings. The summed E-state index contributed by atoms with van der Waals surface area (Å²) in [6.07, 6.45) is 2.92. The van der Waals surface area contributed by atoms with E-state index in [-0.39, 0.29) is 24.5 Å². The van der Waals surface area contributed by atoms with Crippen molar-refractivity contribution >= 4 is 51.8 Å². The Bertz CT molecular complexity index is 1550. The second kappa shape index (κ2) is 12.3. The van der Waals surface area contributed by atoms with Gasteiger partial charge in [-0.25, -0.2) is 14.2 Å². The standard InChI is InChI=1S/C31H27FN4O4S2/c32-23-10-6-22(7-11-23)29-36(31(39)40-18-20-4-2-1-3-5-20)26(19-42-29)28(38)35(30-33-16-17-41-30)25-14-8-21(9-15-25)27(37)34-24-12-13-24/h1-11,14-17,24,26,29H,12-13,18-19H2,(H,34,37). The SMILES string of the molecule is O=C(NC1CC1)c1ccc(N(C(=O)C2CSC(c3ccc(F)cc3)N2C(=O)OCc2ccccc2)c2nccs2)cc1. The molecular formula is C31H27FN4O4S2. The molecule has 1 N–H and O–H groups in total. The van der Waals surface area contributed by atoms with Gasteiger partial charge in [0, 0.05) is 28.9 Å². The summed E-state index contributed by atoms with van der Waals surface area (Å²) in [4.78, 5) is 47.8. The van der Waals surface area contributed by atoms with Crippen molar-refractivity contribution in [3.05, 3.63) is 113 Å². The van der Waals surface area contributed by atoms with E-state index in [9.17, 15) is 18.8 Å². The van der Waals surface area contributed by atoms with Crippen LogP contribution >= 0.6 is 23.1 Å². The monoisotopic (exact) mass is 602 g/mol. The summed E-state index contributed by atoms with van der Waals surface area (Å²) in [5.74, 6) is -0.617. The van der Waals surface area contributed by atoms with E-state index >= 15 is 0 Å². The van der Waals surface area contributed by atoms with Gasteiger partial charge in [-0.1, -0.05) is 42.5 Å². The van der Waals surface area contributed by atoms with Crippen molar-refractivity contribution in [2.24, 2.45) is 0 Å². The number of nitrogens with one attached hydrogen (secondary N) is 1. The molecule has 1 aliphatic carbocycles. The molecule has 3 aromatic carbocycles. The molecule has 1 saturated heterocycles. The van der Waals surface area contributed by atoms with Crippen LogP contribution in [0, 0.1) is 5.82 Å². The van der Waals surface area contributed by atoms with Crippen molar-refractivity contribution in [1.82, 2.24) is 15.2 Å². The third kappa shape index (κ3) is 6.17. The molecule has 42 heavy (non-hydrogen) atoms. The number of thioether (sulfide) groups is 1. The number of aromatic nitrogens is 1. The molecule has 2 aliphatic rings. The van der Waals surface area contributed by atoms with Crippen LogP contribution in [0.15, 0.2) is 90.4 Å². The molecule has 2 unspecified atom stereocenters.